The maximum atomic E-state index is 9.75. The molecule has 0 aromatic carbocycles. The van der Waals surface area contributed by atoms with Crippen LogP contribution in [0.3, 0.4) is 0 Å². The van der Waals surface area contributed by atoms with Crippen LogP contribution < -0.4 is 9.64 Å². The van der Waals surface area contributed by atoms with E-state index in [0.29, 0.717) is 24.4 Å². The first kappa shape index (κ1) is 26.4. The van der Waals surface area contributed by atoms with Crippen LogP contribution in [0.1, 0.15) is 17.5 Å². The first-order valence-corrected chi connectivity index (χ1v) is 13.6. The Balaban J connectivity index is 1.20. The SMILES string of the molecule is COc1ccc(CN2CCN(c3ccc(-c4cc(-c5cnn(CCCO)c5)cn5ncc(C#N)c45)cn3)CC2)cn1. The molecule has 5 aromatic heterocycles. The molecule has 11 nitrogen and oxygen atoms in total. The van der Waals surface area contributed by atoms with Crippen molar-refractivity contribution in [2.75, 3.05) is 44.8 Å². The fourth-order valence-electron chi connectivity index (χ4n) is 5.20. The molecule has 0 atom stereocenters. The summed E-state index contributed by atoms with van der Waals surface area (Å²) in [6.07, 6.45) is 11.7. The Morgan fingerprint density at radius 2 is 1.80 bits per heavy atom. The van der Waals surface area contributed by atoms with E-state index in [4.69, 9.17) is 14.8 Å². The molecule has 0 amide bonds. The smallest absolute Gasteiger partial charge is 0.212 e. The van der Waals surface area contributed by atoms with Gasteiger partial charge in [0.2, 0.25) is 5.88 Å². The van der Waals surface area contributed by atoms with Crippen LogP contribution in [-0.4, -0.2) is 79.3 Å². The highest BCUT2D eigenvalue weighted by molar-refractivity contribution is 5.87. The molecule has 1 aliphatic heterocycles. The topological polar surface area (TPSA) is 121 Å². The summed E-state index contributed by atoms with van der Waals surface area (Å²) in [5.41, 5.74) is 6.10. The van der Waals surface area contributed by atoms with Gasteiger partial charge in [-0.2, -0.15) is 15.5 Å². The molecule has 208 valence electrons. The Hall–Kier alpha value is -4.79. The zero-order valence-corrected chi connectivity index (χ0v) is 22.9. The second kappa shape index (κ2) is 11.8. The number of aromatic nitrogens is 6. The molecule has 0 aliphatic carbocycles. The highest BCUT2D eigenvalue weighted by atomic mass is 16.5. The number of rotatable bonds is 9. The molecule has 0 unspecified atom stereocenters. The van der Waals surface area contributed by atoms with Crippen LogP contribution in [0, 0.1) is 11.3 Å². The average molecular weight is 550 g/mol. The summed E-state index contributed by atoms with van der Waals surface area (Å²) in [7, 11) is 1.62. The van der Waals surface area contributed by atoms with Crippen molar-refractivity contribution in [1.29, 1.82) is 5.26 Å². The summed E-state index contributed by atoms with van der Waals surface area (Å²) in [5.74, 6) is 1.56. The number of nitriles is 1. The summed E-state index contributed by atoms with van der Waals surface area (Å²) in [6, 6.07) is 12.4. The molecule has 0 spiro atoms. The predicted molar refractivity (Wildman–Crippen MR) is 154 cm³/mol. The third-order valence-corrected chi connectivity index (χ3v) is 7.41. The second-order valence-electron chi connectivity index (χ2n) is 10.1. The molecule has 0 radical (unpaired) electrons. The van der Waals surface area contributed by atoms with Crippen LogP contribution in [0.4, 0.5) is 5.82 Å². The number of pyridine rings is 3. The number of hydrogen-bond donors (Lipinski definition) is 1. The number of fused-ring (bicyclic) bond motifs is 1. The fourth-order valence-corrected chi connectivity index (χ4v) is 5.20. The maximum Gasteiger partial charge on any atom is 0.212 e. The molecule has 1 saturated heterocycles. The lowest BCUT2D eigenvalue weighted by molar-refractivity contribution is 0.249. The van der Waals surface area contributed by atoms with Gasteiger partial charge in [0, 0.05) is 99.0 Å². The van der Waals surface area contributed by atoms with E-state index in [2.05, 4.69) is 55.3 Å². The third-order valence-electron chi connectivity index (χ3n) is 7.41. The number of piperazine rings is 1. The molecular formula is C30H31N9O2. The standard InChI is InChI=1S/C30H31N9O2/c1-41-29-6-3-22(15-33-29)19-36-8-10-37(11-9-36)28-5-4-23(16-32-28)27-13-24(21-39-30(27)25(14-31)17-35-39)26-18-34-38(20-26)7-2-12-40/h3-6,13,15-18,20-21,40H,2,7-12,19H2,1H3. The number of anilines is 1. The molecule has 6 heterocycles. The van der Waals surface area contributed by atoms with Gasteiger partial charge in [-0.25, -0.2) is 14.5 Å². The fraction of sp³-hybridized carbons (Fsp3) is 0.300. The molecule has 0 bridgehead atoms. The minimum atomic E-state index is 0.121. The molecular weight excluding hydrogens is 518 g/mol. The lowest BCUT2D eigenvalue weighted by atomic mass is 10.0. The zero-order chi connectivity index (χ0) is 28.2. The van der Waals surface area contributed by atoms with Crippen LogP contribution >= 0.6 is 0 Å². The molecule has 1 N–H and O–H groups in total. The van der Waals surface area contributed by atoms with Crippen LogP contribution in [-0.2, 0) is 13.1 Å². The van der Waals surface area contributed by atoms with Gasteiger partial charge in [0.25, 0.3) is 0 Å². The van der Waals surface area contributed by atoms with Gasteiger partial charge in [0.05, 0.1) is 30.6 Å². The van der Waals surface area contributed by atoms with Crippen molar-refractivity contribution >= 4 is 11.3 Å². The zero-order valence-electron chi connectivity index (χ0n) is 22.9. The van der Waals surface area contributed by atoms with Crippen LogP contribution in [0.15, 0.2) is 67.5 Å². The number of ether oxygens (including phenoxy) is 1. The lowest BCUT2D eigenvalue weighted by Crippen LogP contribution is -2.46. The molecule has 1 aliphatic rings. The largest absolute Gasteiger partial charge is 0.481 e. The van der Waals surface area contributed by atoms with Gasteiger partial charge in [0.15, 0.2) is 0 Å². The minimum Gasteiger partial charge on any atom is -0.481 e. The Morgan fingerprint density at radius 1 is 0.927 bits per heavy atom. The van der Waals surface area contributed by atoms with Crippen LogP contribution in [0.5, 0.6) is 5.88 Å². The molecule has 6 rings (SSSR count). The lowest BCUT2D eigenvalue weighted by Gasteiger charge is -2.35. The normalized spacial score (nSPS) is 13.9. The van der Waals surface area contributed by atoms with Gasteiger partial charge in [0.1, 0.15) is 11.9 Å². The first-order valence-electron chi connectivity index (χ1n) is 13.6. The molecule has 5 aromatic rings. The van der Waals surface area contributed by atoms with Crippen molar-refractivity contribution in [2.24, 2.45) is 0 Å². The average Bonchev–Trinajstić information content (AvgIpc) is 3.68. The number of aliphatic hydroxyl groups excluding tert-OH is 1. The van der Waals surface area contributed by atoms with Gasteiger partial charge >= 0.3 is 0 Å². The van der Waals surface area contributed by atoms with Crippen LogP contribution in [0.25, 0.3) is 27.8 Å². The first-order chi connectivity index (χ1) is 20.1. The van der Waals surface area contributed by atoms with E-state index >= 15 is 0 Å². The number of hydrogen-bond acceptors (Lipinski definition) is 9. The summed E-state index contributed by atoms with van der Waals surface area (Å²) in [6.45, 7) is 5.27. The van der Waals surface area contributed by atoms with E-state index in [1.807, 2.05) is 41.7 Å². The van der Waals surface area contributed by atoms with E-state index in [1.165, 1.54) is 5.56 Å². The summed E-state index contributed by atoms with van der Waals surface area (Å²) in [5, 5.41) is 27.8. The van der Waals surface area contributed by atoms with Gasteiger partial charge in [-0.1, -0.05) is 6.07 Å². The van der Waals surface area contributed by atoms with Crippen molar-refractivity contribution in [3.63, 3.8) is 0 Å². The van der Waals surface area contributed by atoms with Crippen molar-refractivity contribution in [3.05, 3.63) is 78.6 Å². The van der Waals surface area contributed by atoms with Crippen molar-refractivity contribution in [2.45, 2.75) is 19.5 Å². The molecule has 0 saturated carbocycles. The predicted octanol–water partition coefficient (Wildman–Crippen LogP) is 3.24. The van der Waals surface area contributed by atoms with E-state index < -0.39 is 0 Å². The molecule has 11 heteroatoms. The van der Waals surface area contributed by atoms with Gasteiger partial charge < -0.3 is 14.7 Å². The Morgan fingerprint density at radius 3 is 2.51 bits per heavy atom. The monoisotopic (exact) mass is 549 g/mol. The Bertz CT molecular complexity index is 1660. The highest BCUT2D eigenvalue weighted by Gasteiger charge is 2.20. The number of methoxy groups -OCH3 is 1. The van der Waals surface area contributed by atoms with Crippen molar-refractivity contribution in [1.82, 2.24) is 34.3 Å². The summed E-state index contributed by atoms with van der Waals surface area (Å²) < 4.78 is 8.73. The number of aliphatic hydroxyl groups is 1. The van der Waals surface area contributed by atoms with Gasteiger partial charge in [-0.05, 0) is 30.2 Å². The van der Waals surface area contributed by atoms with Crippen LogP contribution in [0.2, 0.25) is 0 Å². The van der Waals surface area contributed by atoms with Gasteiger partial charge in [-0.3, -0.25) is 9.58 Å². The van der Waals surface area contributed by atoms with Crippen molar-refractivity contribution in [3.8, 4) is 34.2 Å². The Kier molecular flexibility index (Phi) is 7.58. The third kappa shape index (κ3) is 5.61. The quantitative estimate of drug-likeness (QED) is 0.295. The van der Waals surface area contributed by atoms with E-state index in [-0.39, 0.29) is 6.61 Å². The number of nitrogens with zero attached hydrogens (tertiary/aromatic N) is 9. The van der Waals surface area contributed by atoms with E-state index in [0.717, 1.165) is 66.3 Å². The summed E-state index contributed by atoms with van der Waals surface area (Å²) >= 11 is 0. The second-order valence-corrected chi connectivity index (χ2v) is 10.1. The molecule has 1 fully saturated rings. The summed E-state index contributed by atoms with van der Waals surface area (Å²) in [4.78, 5) is 13.9. The Labute approximate surface area is 237 Å². The number of aryl methyl sites for hydroxylation is 1. The van der Waals surface area contributed by atoms with Gasteiger partial charge in [-0.15, -0.1) is 0 Å². The highest BCUT2D eigenvalue weighted by Crippen LogP contribution is 2.32. The van der Waals surface area contributed by atoms with Crippen molar-refractivity contribution < 1.29 is 9.84 Å². The maximum absolute atomic E-state index is 9.75. The van der Waals surface area contributed by atoms with E-state index in [1.54, 1.807) is 17.8 Å². The minimum absolute atomic E-state index is 0.121. The van der Waals surface area contributed by atoms with E-state index in [9.17, 15) is 5.26 Å². The molecule has 41 heavy (non-hydrogen) atoms.